The van der Waals surface area contributed by atoms with Crippen LogP contribution in [0.3, 0.4) is 0 Å². The average molecular weight is 291 g/mol. The monoisotopic (exact) mass is 291 g/mol. The Balaban J connectivity index is 2.11. The molecule has 0 aliphatic rings. The molecule has 114 valence electrons. The lowest BCUT2D eigenvalue weighted by Gasteiger charge is -2.14. The van der Waals surface area contributed by atoms with E-state index in [-0.39, 0.29) is 12.4 Å². The topological polar surface area (TPSA) is 39.1 Å². The van der Waals surface area contributed by atoms with Gasteiger partial charge in [-0.15, -0.1) is 0 Å². The second kappa shape index (κ2) is 7.22. The normalized spacial score (nSPS) is 11.1. The number of aryl methyl sites for hydroxylation is 1. The Morgan fingerprint density at radius 3 is 2.90 bits per heavy atom. The summed E-state index contributed by atoms with van der Waals surface area (Å²) in [5, 5.41) is 3.28. The van der Waals surface area contributed by atoms with Crippen LogP contribution >= 0.6 is 0 Å². The lowest BCUT2D eigenvalue weighted by atomic mass is 10.2. The van der Waals surface area contributed by atoms with Crippen molar-refractivity contribution in [3.63, 3.8) is 0 Å². The van der Waals surface area contributed by atoms with Crippen molar-refractivity contribution in [3.8, 4) is 5.75 Å². The molecular formula is C16H22FN3O. The van der Waals surface area contributed by atoms with Crippen LogP contribution in [0.15, 0.2) is 30.6 Å². The highest BCUT2D eigenvalue weighted by atomic mass is 19.1. The number of hydrogen-bond donors (Lipinski definition) is 1. The molecule has 0 atom stereocenters. The number of aromatic nitrogens is 2. The van der Waals surface area contributed by atoms with Gasteiger partial charge >= 0.3 is 0 Å². The first kappa shape index (κ1) is 15.5. The van der Waals surface area contributed by atoms with Crippen LogP contribution in [-0.4, -0.2) is 15.6 Å². The Hall–Kier alpha value is -1.88. The number of benzene rings is 1. The molecule has 0 saturated carbocycles. The van der Waals surface area contributed by atoms with E-state index in [1.165, 1.54) is 6.07 Å². The number of para-hydroxylation sites is 1. The van der Waals surface area contributed by atoms with E-state index in [1.54, 1.807) is 12.3 Å². The van der Waals surface area contributed by atoms with Crippen molar-refractivity contribution >= 4 is 0 Å². The molecule has 0 saturated heterocycles. The van der Waals surface area contributed by atoms with Crippen LogP contribution in [0.25, 0.3) is 0 Å². The van der Waals surface area contributed by atoms with Gasteiger partial charge in [0, 0.05) is 37.1 Å². The van der Waals surface area contributed by atoms with Gasteiger partial charge in [-0.25, -0.2) is 9.37 Å². The quantitative estimate of drug-likeness (QED) is 0.852. The molecule has 1 aromatic carbocycles. The average Bonchev–Trinajstić information content (AvgIpc) is 2.91. The summed E-state index contributed by atoms with van der Waals surface area (Å²) in [6.45, 7) is 7.79. The Labute approximate surface area is 125 Å². The van der Waals surface area contributed by atoms with Gasteiger partial charge in [0.05, 0.1) is 0 Å². The van der Waals surface area contributed by atoms with Crippen LogP contribution in [0.5, 0.6) is 5.75 Å². The number of nitrogens with one attached hydrogen (secondary N) is 1. The number of imidazole rings is 1. The molecule has 0 aliphatic carbocycles. The minimum atomic E-state index is -0.340. The van der Waals surface area contributed by atoms with Crippen molar-refractivity contribution in [2.75, 3.05) is 0 Å². The summed E-state index contributed by atoms with van der Waals surface area (Å²) in [6.07, 6.45) is 3.62. The lowest BCUT2D eigenvalue weighted by Crippen LogP contribution is -2.22. The molecule has 1 N–H and O–H groups in total. The number of rotatable bonds is 7. The second-order valence-corrected chi connectivity index (χ2v) is 5.18. The summed E-state index contributed by atoms with van der Waals surface area (Å²) in [4.78, 5) is 4.24. The first-order valence-corrected chi connectivity index (χ1v) is 7.25. The highest BCUT2D eigenvalue weighted by Gasteiger charge is 2.12. The molecule has 0 radical (unpaired) electrons. The highest BCUT2D eigenvalue weighted by molar-refractivity contribution is 5.35. The van der Waals surface area contributed by atoms with Crippen molar-refractivity contribution in [2.45, 2.75) is 46.5 Å². The van der Waals surface area contributed by atoms with Gasteiger partial charge in [0.15, 0.2) is 11.6 Å². The third-order valence-electron chi connectivity index (χ3n) is 3.24. The smallest absolute Gasteiger partial charge is 0.165 e. The molecule has 0 aliphatic heterocycles. The number of ether oxygens (including phenoxy) is 1. The summed E-state index contributed by atoms with van der Waals surface area (Å²) >= 11 is 0. The highest BCUT2D eigenvalue weighted by Crippen LogP contribution is 2.23. The van der Waals surface area contributed by atoms with Gasteiger partial charge in [0.2, 0.25) is 0 Å². The van der Waals surface area contributed by atoms with Gasteiger partial charge in [-0.2, -0.15) is 0 Å². The summed E-state index contributed by atoms with van der Waals surface area (Å²) in [6, 6.07) is 5.33. The van der Waals surface area contributed by atoms with Gasteiger partial charge in [-0.05, 0) is 13.0 Å². The predicted octanol–water partition coefficient (Wildman–Crippen LogP) is 3.12. The zero-order valence-electron chi connectivity index (χ0n) is 12.8. The molecule has 1 heterocycles. The van der Waals surface area contributed by atoms with Crippen LogP contribution in [0.1, 0.15) is 32.2 Å². The Morgan fingerprint density at radius 1 is 1.38 bits per heavy atom. The van der Waals surface area contributed by atoms with E-state index in [2.05, 4.69) is 24.1 Å². The Morgan fingerprint density at radius 2 is 2.19 bits per heavy atom. The van der Waals surface area contributed by atoms with E-state index in [1.807, 2.05) is 23.8 Å². The van der Waals surface area contributed by atoms with E-state index in [9.17, 15) is 4.39 Å². The van der Waals surface area contributed by atoms with Gasteiger partial charge < -0.3 is 14.6 Å². The van der Waals surface area contributed by atoms with Crippen LogP contribution in [-0.2, 0) is 19.7 Å². The predicted molar refractivity (Wildman–Crippen MR) is 80.6 cm³/mol. The maximum atomic E-state index is 14.0. The third kappa shape index (κ3) is 4.04. The first-order chi connectivity index (χ1) is 10.1. The fraction of sp³-hybridized carbons (Fsp3) is 0.438. The summed E-state index contributed by atoms with van der Waals surface area (Å²) in [5.74, 6) is 0.757. The van der Waals surface area contributed by atoms with Crippen molar-refractivity contribution in [1.82, 2.24) is 14.9 Å². The molecule has 4 nitrogen and oxygen atoms in total. The van der Waals surface area contributed by atoms with Gasteiger partial charge in [0.1, 0.15) is 12.4 Å². The molecule has 1 aromatic heterocycles. The molecule has 0 bridgehead atoms. The first-order valence-electron chi connectivity index (χ1n) is 7.25. The van der Waals surface area contributed by atoms with Crippen LogP contribution in [0.2, 0.25) is 0 Å². The van der Waals surface area contributed by atoms with Gasteiger partial charge in [0.25, 0.3) is 0 Å². The van der Waals surface area contributed by atoms with Crippen molar-refractivity contribution in [3.05, 3.63) is 47.8 Å². The molecular weight excluding hydrogens is 269 g/mol. The zero-order valence-corrected chi connectivity index (χ0v) is 12.8. The minimum absolute atomic E-state index is 0.260. The van der Waals surface area contributed by atoms with Gasteiger partial charge in [-0.3, -0.25) is 0 Å². The molecule has 5 heteroatoms. The Bertz CT molecular complexity index is 581. The van der Waals surface area contributed by atoms with E-state index in [0.29, 0.717) is 18.3 Å². The fourth-order valence-electron chi connectivity index (χ4n) is 2.07. The van der Waals surface area contributed by atoms with Crippen molar-refractivity contribution < 1.29 is 9.13 Å². The Kier molecular flexibility index (Phi) is 5.33. The van der Waals surface area contributed by atoms with Crippen LogP contribution < -0.4 is 10.1 Å². The standard InChI is InChI=1S/C16H22FN3O/c1-4-20-9-8-18-15(20)11-21-16-13(10-19-12(2)3)6-5-7-14(16)17/h5-9,12,19H,4,10-11H2,1-3H3. The minimum Gasteiger partial charge on any atom is -0.482 e. The van der Waals surface area contributed by atoms with Crippen LogP contribution in [0, 0.1) is 5.82 Å². The molecule has 0 spiro atoms. The number of halogens is 1. The van der Waals surface area contributed by atoms with E-state index in [4.69, 9.17) is 4.74 Å². The summed E-state index contributed by atoms with van der Waals surface area (Å²) in [5.41, 5.74) is 0.818. The molecule has 21 heavy (non-hydrogen) atoms. The SMILES string of the molecule is CCn1ccnc1COc1c(F)cccc1CNC(C)C. The summed E-state index contributed by atoms with van der Waals surface area (Å²) < 4.78 is 21.7. The molecule has 0 fully saturated rings. The third-order valence-corrected chi connectivity index (χ3v) is 3.24. The maximum Gasteiger partial charge on any atom is 0.165 e. The largest absolute Gasteiger partial charge is 0.482 e. The van der Waals surface area contributed by atoms with E-state index in [0.717, 1.165) is 17.9 Å². The number of nitrogens with zero attached hydrogens (tertiary/aromatic N) is 2. The fourth-order valence-corrected chi connectivity index (χ4v) is 2.07. The molecule has 0 unspecified atom stereocenters. The van der Waals surface area contributed by atoms with E-state index >= 15 is 0 Å². The second-order valence-electron chi connectivity index (χ2n) is 5.18. The maximum absolute atomic E-state index is 14.0. The molecule has 0 amide bonds. The van der Waals surface area contributed by atoms with Crippen LogP contribution in [0.4, 0.5) is 4.39 Å². The summed E-state index contributed by atoms with van der Waals surface area (Å²) in [7, 11) is 0. The van der Waals surface area contributed by atoms with Gasteiger partial charge in [-0.1, -0.05) is 26.0 Å². The lowest BCUT2D eigenvalue weighted by molar-refractivity contribution is 0.272. The molecule has 2 aromatic rings. The zero-order chi connectivity index (χ0) is 15.2. The molecule has 2 rings (SSSR count). The van der Waals surface area contributed by atoms with Crippen molar-refractivity contribution in [2.24, 2.45) is 0 Å². The van der Waals surface area contributed by atoms with E-state index < -0.39 is 0 Å². The van der Waals surface area contributed by atoms with Crippen molar-refractivity contribution in [1.29, 1.82) is 0 Å². The number of hydrogen-bond acceptors (Lipinski definition) is 3.